The van der Waals surface area contributed by atoms with E-state index in [4.69, 9.17) is 0 Å². The Balaban J connectivity index is 1.68. The zero-order valence-electron chi connectivity index (χ0n) is 10.6. The molecule has 0 aromatic heterocycles. The third-order valence-corrected chi connectivity index (χ3v) is 2.89. The third kappa shape index (κ3) is 4.47. The molecule has 0 saturated heterocycles. The maximum Gasteiger partial charge on any atom is 0.0129 e. The predicted molar refractivity (Wildman–Crippen MR) is 77.3 cm³/mol. The first kappa shape index (κ1) is 12.5. The van der Waals surface area contributed by atoms with E-state index in [0.29, 0.717) is 0 Å². The molecule has 0 aliphatic heterocycles. The van der Waals surface area contributed by atoms with Gasteiger partial charge in [-0.15, -0.1) is 11.8 Å². The highest BCUT2D eigenvalue weighted by Gasteiger charge is 1.89. The van der Waals surface area contributed by atoms with Crippen molar-refractivity contribution in [2.75, 3.05) is 0 Å². The number of hydrogen-bond acceptors (Lipinski definition) is 0. The van der Waals surface area contributed by atoms with Gasteiger partial charge in [0.15, 0.2) is 0 Å². The highest BCUT2D eigenvalue weighted by atomic mass is 13.9. The molecule has 0 nitrogen and oxygen atoms in total. The molecule has 18 heavy (non-hydrogen) atoms. The average Bonchev–Trinajstić information content (AvgIpc) is 2.45. The van der Waals surface area contributed by atoms with Gasteiger partial charge in [0, 0.05) is 12.8 Å². The van der Waals surface area contributed by atoms with Gasteiger partial charge in [-0.3, -0.25) is 0 Å². The molecular weight excluding hydrogens is 216 g/mol. The first-order valence-electron chi connectivity index (χ1n) is 6.49. The van der Waals surface area contributed by atoms with Gasteiger partial charge in [-0.05, 0) is 24.0 Å². The maximum absolute atomic E-state index is 3.25. The van der Waals surface area contributed by atoms with Crippen LogP contribution in [-0.2, 0) is 12.8 Å². The first-order chi connectivity index (χ1) is 8.95. The summed E-state index contributed by atoms with van der Waals surface area (Å²) in [6.07, 6.45) is 4.02. The second-order valence-electron chi connectivity index (χ2n) is 4.32. The van der Waals surface area contributed by atoms with E-state index in [-0.39, 0.29) is 0 Å². The molecule has 0 amide bonds. The van der Waals surface area contributed by atoms with E-state index < -0.39 is 0 Å². The fourth-order valence-corrected chi connectivity index (χ4v) is 1.88. The van der Waals surface area contributed by atoms with E-state index in [9.17, 15) is 0 Å². The Kier molecular flexibility index (Phi) is 5.09. The Morgan fingerprint density at radius 3 is 1.33 bits per heavy atom. The monoisotopic (exact) mass is 234 g/mol. The molecule has 2 rings (SSSR count). The lowest BCUT2D eigenvalue weighted by atomic mass is 10.1. The Hall–Kier alpha value is -2.00. The van der Waals surface area contributed by atoms with E-state index in [1.807, 2.05) is 0 Å². The zero-order valence-corrected chi connectivity index (χ0v) is 10.6. The summed E-state index contributed by atoms with van der Waals surface area (Å²) in [5.74, 6) is 6.51. The molecule has 90 valence electrons. The van der Waals surface area contributed by atoms with Gasteiger partial charge in [-0.25, -0.2) is 0 Å². The summed E-state index contributed by atoms with van der Waals surface area (Å²) < 4.78 is 0. The standard InChI is InChI=1S/C18H18/c1(5-11-17-13-7-3-8-14-17)2-6-12-18-15-9-4-10-16-18/h3-4,7-10,13-16H,5-6,11-12H2. The second-order valence-corrected chi connectivity index (χ2v) is 4.32. The van der Waals surface area contributed by atoms with Crippen molar-refractivity contribution in [3.05, 3.63) is 71.8 Å². The molecular formula is C18H18. The van der Waals surface area contributed by atoms with Crippen LogP contribution in [0.25, 0.3) is 0 Å². The van der Waals surface area contributed by atoms with Crippen LogP contribution in [0.2, 0.25) is 0 Å². The molecule has 0 atom stereocenters. The number of rotatable bonds is 4. The summed E-state index contributed by atoms with van der Waals surface area (Å²) >= 11 is 0. The fraction of sp³-hybridized carbons (Fsp3) is 0.222. The Labute approximate surface area is 110 Å². The van der Waals surface area contributed by atoms with Crippen LogP contribution >= 0.6 is 0 Å². The van der Waals surface area contributed by atoms with E-state index in [2.05, 4.69) is 72.5 Å². The minimum Gasteiger partial charge on any atom is -0.103 e. The SMILES string of the molecule is C(#CCCc1ccccc1)CCc1ccccc1. The molecule has 0 aliphatic carbocycles. The molecule has 0 fully saturated rings. The van der Waals surface area contributed by atoms with Crippen molar-refractivity contribution in [2.24, 2.45) is 0 Å². The lowest BCUT2D eigenvalue weighted by Crippen LogP contribution is -1.83. The van der Waals surface area contributed by atoms with Crippen molar-refractivity contribution in [1.82, 2.24) is 0 Å². The number of aryl methyl sites for hydroxylation is 2. The van der Waals surface area contributed by atoms with Crippen molar-refractivity contribution >= 4 is 0 Å². The summed E-state index contributed by atoms with van der Waals surface area (Å²) in [6, 6.07) is 21.1. The van der Waals surface area contributed by atoms with Gasteiger partial charge in [-0.2, -0.15) is 0 Å². The van der Waals surface area contributed by atoms with Crippen molar-refractivity contribution in [1.29, 1.82) is 0 Å². The lowest BCUT2D eigenvalue weighted by Gasteiger charge is -1.96. The van der Waals surface area contributed by atoms with Crippen LogP contribution in [0.15, 0.2) is 60.7 Å². The number of hydrogen-bond donors (Lipinski definition) is 0. The minimum atomic E-state index is 0.957. The van der Waals surface area contributed by atoms with Crippen LogP contribution < -0.4 is 0 Å². The first-order valence-corrected chi connectivity index (χ1v) is 6.49. The largest absolute Gasteiger partial charge is 0.103 e. The van der Waals surface area contributed by atoms with E-state index in [1.165, 1.54) is 11.1 Å². The topological polar surface area (TPSA) is 0 Å². The molecule has 0 saturated carbocycles. The molecule has 2 aromatic carbocycles. The van der Waals surface area contributed by atoms with Gasteiger partial charge in [0.1, 0.15) is 0 Å². The molecule has 0 spiro atoms. The molecule has 0 unspecified atom stereocenters. The average molecular weight is 234 g/mol. The molecule has 0 radical (unpaired) electrons. The van der Waals surface area contributed by atoms with Crippen LogP contribution in [0.3, 0.4) is 0 Å². The van der Waals surface area contributed by atoms with Crippen LogP contribution in [0.4, 0.5) is 0 Å². The smallest absolute Gasteiger partial charge is 0.0129 e. The van der Waals surface area contributed by atoms with E-state index in [1.54, 1.807) is 0 Å². The van der Waals surface area contributed by atoms with Crippen molar-refractivity contribution in [3.63, 3.8) is 0 Å². The van der Waals surface area contributed by atoms with Gasteiger partial charge < -0.3 is 0 Å². The summed E-state index contributed by atoms with van der Waals surface area (Å²) in [7, 11) is 0. The lowest BCUT2D eigenvalue weighted by molar-refractivity contribution is 1.00. The Bertz CT molecular complexity index is 452. The van der Waals surface area contributed by atoms with Gasteiger partial charge in [-0.1, -0.05) is 60.7 Å². The maximum atomic E-state index is 3.25. The third-order valence-electron chi connectivity index (χ3n) is 2.89. The molecule has 0 heterocycles. The summed E-state index contributed by atoms with van der Waals surface area (Å²) in [5, 5.41) is 0. The van der Waals surface area contributed by atoms with Gasteiger partial charge >= 0.3 is 0 Å². The zero-order chi connectivity index (χ0) is 12.5. The van der Waals surface area contributed by atoms with Gasteiger partial charge in [0.25, 0.3) is 0 Å². The minimum absolute atomic E-state index is 0.957. The Morgan fingerprint density at radius 2 is 0.944 bits per heavy atom. The molecule has 2 aromatic rings. The van der Waals surface area contributed by atoms with E-state index >= 15 is 0 Å². The van der Waals surface area contributed by atoms with E-state index in [0.717, 1.165) is 25.7 Å². The second kappa shape index (κ2) is 7.35. The fourth-order valence-electron chi connectivity index (χ4n) is 1.88. The van der Waals surface area contributed by atoms with Crippen LogP contribution in [0.1, 0.15) is 24.0 Å². The normalized spacial score (nSPS) is 9.56. The molecule has 0 heteroatoms. The van der Waals surface area contributed by atoms with Crippen LogP contribution in [0, 0.1) is 11.8 Å². The Morgan fingerprint density at radius 1 is 0.556 bits per heavy atom. The van der Waals surface area contributed by atoms with Gasteiger partial charge in [0.2, 0.25) is 0 Å². The summed E-state index contributed by atoms with van der Waals surface area (Å²) in [5.41, 5.74) is 2.74. The van der Waals surface area contributed by atoms with Gasteiger partial charge in [0.05, 0.1) is 0 Å². The van der Waals surface area contributed by atoms with Crippen molar-refractivity contribution in [2.45, 2.75) is 25.7 Å². The molecule has 0 aliphatic rings. The number of benzene rings is 2. The summed E-state index contributed by atoms with van der Waals surface area (Å²) in [4.78, 5) is 0. The van der Waals surface area contributed by atoms with Crippen molar-refractivity contribution in [3.8, 4) is 11.8 Å². The molecule has 0 bridgehead atoms. The van der Waals surface area contributed by atoms with Crippen LogP contribution in [-0.4, -0.2) is 0 Å². The van der Waals surface area contributed by atoms with Crippen LogP contribution in [0.5, 0.6) is 0 Å². The quantitative estimate of drug-likeness (QED) is 0.694. The predicted octanol–water partition coefficient (Wildman–Crippen LogP) is 4.26. The highest BCUT2D eigenvalue weighted by molar-refractivity contribution is 5.18. The molecule has 0 N–H and O–H groups in total. The highest BCUT2D eigenvalue weighted by Crippen LogP contribution is 2.03. The van der Waals surface area contributed by atoms with Crippen molar-refractivity contribution < 1.29 is 0 Å². The summed E-state index contributed by atoms with van der Waals surface area (Å²) in [6.45, 7) is 0.